The predicted octanol–water partition coefficient (Wildman–Crippen LogP) is 1.13. The molecule has 18 heavy (non-hydrogen) atoms. The third-order valence-electron chi connectivity index (χ3n) is 3.70. The van der Waals surface area contributed by atoms with Crippen LogP contribution in [0.3, 0.4) is 0 Å². The molecule has 1 atom stereocenters. The maximum Gasteiger partial charge on any atom is 0.147 e. The molecule has 1 N–H and O–H groups in total. The number of piperidine rings is 1. The highest BCUT2D eigenvalue weighted by molar-refractivity contribution is 4.89. The van der Waals surface area contributed by atoms with Gasteiger partial charge in [-0.3, -0.25) is 4.90 Å². The standard InChI is InChI=1S/C13H24N4O/c1-11-14-12(2)17(15-11)10-13-6-3-4-7-16(13)8-5-9-18/h13,18H,3-10H2,1-2H3. The summed E-state index contributed by atoms with van der Waals surface area (Å²) in [5.74, 6) is 1.85. The zero-order valence-electron chi connectivity index (χ0n) is 11.5. The van der Waals surface area contributed by atoms with Gasteiger partial charge in [0.25, 0.3) is 0 Å². The van der Waals surface area contributed by atoms with Gasteiger partial charge in [0.2, 0.25) is 0 Å². The Bertz CT molecular complexity index is 377. The summed E-state index contributed by atoms with van der Waals surface area (Å²) in [5.41, 5.74) is 0. The topological polar surface area (TPSA) is 54.2 Å². The summed E-state index contributed by atoms with van der Waals surface area (Å²) in [6.45, 7) is 7.31. The van der Waals surface area contributed by atoms with E-state index in [9.17, 15) is 0 Å². The average molecular weight is 252 g/mol. The first-order valence-electron chi connectivity index (χ1n) is 6.93. The molecule has 5 heteroatoms. The molecule has 0 saturated carbocycles. The van der Waals surface area contributed by atoms with E-state index in [0.717, 1.165) is 37.7 Å². The lowest BCUT2D eigenvalue weighted by Gasteiger charge is -2.35. The van der Waals surface area contributed by atoms with E-state index < -0.39 is 0 Å². The maximum atomic E-state index is 8.97. The molecule has 1 fully saturated rings. The Morgan fingerprint density at radius 2 is 2.17 bits per heavy atom. The number of aliphatic hydroxyl groups excluding tert-OH is 1. The Kier molecular flexibility index (Phi) is 4.72. The quantitative estimate of drug-likeness (QED) is 0.853. The summed E-state index contributed by atoms with van der Waals surface area (Å²) in [6, 6.07) is 0.546. The summed E-state index contributed by atoms with van der Waals surface area (Å²) in [7, 11) is 0. The van der Waals surface area contributed by atoms with Gasteiger partial charge in [-0.25, -0.2) is 9.67 Å². The third-order valence-corrected chi connectivity index (χ3v) is 3.70. The van der Waals surface area contributed by atoms with Crippen molar-refractivity contribution in [3.05, 3.63) is 11.6 Å². The van der Waals surface area contributed by atoms with Gasteiger partial charge in [0, 0.05) is 19.2 Å². The van der Waals surface area contributed by atoms with Gasteiger partial charge in [-0.05, 0) is 39.7 Å². The van der Waals surface area contributed by atoms with E-state index in [0.29, 0.717) is 6.04 Å². The molecular weight excluding hydrogens is 228 g/mol. The van der Waals surface area contributed by atoms with Crippen LogP contribution in [0.15, 0.2) is 0 Å². The van der Waals surface area contributed by atoms with Crippen molar-refractivity contribution in [2.45, 2.75) is 52.1 Å². The molecule has 1 saturated heterocycles. The minimum absolute atomic E-state index is 0.282. The highest BCUT2D eigenvalue weighted by Crippen LogP contribution is 2.19. The van der Waals surface area contributed by atoms with Gasteiger partial charge in [0.1, 0.15) is 11.6 Å². The van der Waals surface area contributed by atoms with Crippen LogP contribution >= 0.6 is 0 Å². The first-order valence-corrected chi connectivity index (χ1v) is 6.93. The summed E-state index contributed by atoms with van der Waals surface area (Å²) >= 11 is 0. The van der Waals surface area contributed by atoms with Crippen LogP contribution in [0.4, 0.5) is 0 Å². The highest BCUT2D eigenvalue weighted by atomic mass is 16.3. The second-order valence-corrected chi connectivity index (χ2v) is 5.15. The smallest absolute Gasteiger partial charge is 0.147 e. The van der Waals surface area contributed by atoms with E-state index >= 15 is 0 Å². The molecule has 1 aliphatic heterocycles. The van der Waals surface area contributed by atoms with Crippen molar-refractivity contribution in [2.75, 3.05) is 19.7 Å². The lowest BCUT2D eigenvalue weighted by Crippen LogP contribution is -2.43. The Labute approximate surface area is 109 Å². The SMILES string of the molecule is Cc1nc(C)n(CC2CCCCN2CCCO)n1. The van der Waals surface area contributed by atoms with Crippen LogP contribution in [0.25, 0.3) is 0 Å². The second kappa shape index (κ2) is 6.29. The van der Waals surface area contributed by atoms with E-state index in [-0.39, 0.29) is 6.61 Å². The number of likely N-dealkylation sites (tertiary alicyclic amines) is 1. The number of rotatable bonds is 5. The van der Waals surface area contributed by atoms with E-state index in [1.165, 1.54) is 19.3 Å². The van der Waals surface area contributed by atoms with Crippen molar-refractivity contribution < 1.29 is 5.11 Å². The van der Waals surface area contributed by atoms with E-state index in [4.69, 9.17) is 5.11 Å². The van der Waals surface area contributed by atoms with Crippen LogP contribution < -0.4 is 0 Å². The molecule has 0 spiro atoms. The summed E-state index contributed by atoms with van der Waals surface area (Å²) in [6.07, 6.45) is 4.67. The molecule has 0 aromatic carbocycles. The Balaban J connectivity index is 1.98. The molecule has 1 aliphatic rings. The van der Waals surface area contributed by atoms with E-state index in [1.807, 2.05) is 18.5 Å². The largest absolute Gasteiger partial charge is 0.396 e. The molecule has 0 aliphatic carbocycles. The predicted molar refractivity (Wildman–Crippen MR) is 70.4 cm³/mol. The summed E-state index contributed by atoms with van der Waals surface area (Å²) in [4.78, 5) is 6.85. The number of hydrogen-bond donors (Lipinski definition) is 1. The van der Waals surface area contributed by atoms with Crippen molar-refractivity contribution in [1.29, 1.82) is 0 Å². The molecule has 102 valence electrons. The lowest BCUT2D eigenvalue weighted by molar-refractivity contribution is 0.118. The molecule has 2 heterocycles. The van der Waals surface area contributed by atoms with Crippen molar-refractivity contribution in [2.24, 2.45) is 0 Å². The lowest BCUT2D eigenvalue weighted by atomic mass is 10.0. The first-order chi connectivity index (χ1) is 8.70. The Morgan fingerprint density at radius 1 is 1.33 bits per heavy atom. The van der Waals surface area contributed by atoms with Crippen LogP contribution in [-0.4, -0.2) is 50.5 Å². The normalized spacial score (nSPS) is 21.4. The van der Waals surface area contributed by atoms with E-state index in [1.54, 1.807) is 0 Å². The molecule has 5 nitrogen and oxygen atoms in total. The first kappa shape index (κ1) is 13.5. The van der Waals surface area contributed by atoms with Crippen molar-refractivity contribution in [1.82, 2.24) is 19.7 Å². The van der Waals surface area contributed by atoms with Crippen molar-refractivity contribution in [3.8, 4) is 0 Å². The van der Waals surface area contributed by atoms with Gasteiger partial charge in [-0.1, -0.05) is 6.42 Å². The Morgan fingerprint density at radius 3 is 2.83 bits per heavy atom. The van der Waals surface area contributed by atoms with Gasteiger partial charge in [0.05, 0.1) is 6.54 Å². The third kappa shape index (κ3) is 3.29. The zero-order valence-corrected chi connectivity index (χ0v) is 11.5. The van der Waals surface area contributed by atoms with Gasteiger partial charge in [0.15, 0.2) is 0 Å². The maximum absolute atomic E-state index is 8.97. The van der Waals surface area contributed by atoms with Crippen molar-refractivity contribution >= 4 is 0 Å². The fraction of sp³-hybridized carbons (Fsp3) is 0.846. The molecular formula is C13H24N4O. The van der Waals surface area contributed by atoms with Gasteiger partial charge < -0.3 is 5.11 Å². The van der Waals surface area contributed by atoms with Crippen molar-refractivity contribution in [3.63, 3.8) is 0 Å². The molecule has 0 amide bonds. The zero-order chi connectivity index (χ0) is 13.0. The van der Waals surface area contributed by atoms with Crippen LogP contribution in [-0.2, 0) is 6.54 Å². The fourth-order valence-corrected chi connectivity index (χ4v) is 2.77. The van der Waals surface area contributed by atoms with Crippen LogP contribution in [0.2, 0.25) is 0 Å². The average Bonchev–Trinajstić information content (AvgIpc) is 2.67. The number of hydrogen-bond acceptors (Lipinski definition) is 4. The molecule has 1 aromatic rings. The monoisotopic (exact) mass is 252 g/mol. The Hall–Kier alpha value is -0.940. The summed E-state index contributed by atoms with van der Waals surface area (Å²) < 4.78 is 2.03. The molecule has 0 radical (unpaired) electrons. The van der Waals surface area contributed by atoms with Crippen LogP contribution in [0, 0.1) is 13.8 Å². The van der Waals surface area contributed by atoms with Crippen LogP contribution in [0.5, 0.6) is 0 Å². The minimum atomic E-state index is 0.282. The number of nitrogens with zero attached hydrogens (tertiary/aromatic N) is 4. The minimum Gasteiger partial charge on any atom is -0.396 e. The molecule has 2 rings (SSSR count). The summed E-state index contributed by atoms with van der Waals surface area (Å²) in [5, 5.41) is 13.4. The second-order valence-electron chi connectivity index (χ2n) is 5.15. The highest BCUT2D eigenvalue weighted by Gasteiger charge is 2.23. The number of aryl methyl sites for hydroxylation is 2. The number of aliphatic hydroxyl groups is 1. The van der Waals surface area contributed by atoms with Gasteiger partial charge in [-0.15, -0.1) is 0 Å². The molecule has 1 aromatic heterocycles. The fourth-order valence-electron chi connectivity index (χ4n) is 2.77. The molecule has 0 bridgehead atoms. The molecule has 1 unspecified atom stereocenters. The van der Waals surface area contributed by atoms with Gasteiger partial charge in [-0.2, -0.15) is 5.10 Å². The number of aromatic nitrogens is 3. The van der Waals surface area contributed by atoms with Crippen LogP contribution in [0.1, 0.15) is 37.3 Å². The van der Waals surface area contributed by atoms with Gasteiger partial charge >= 0.3 is 0 Å². The van der Waals surface area contributed by atoms with E-state index in [2.05, 4.69) is 15.0 Å².